The highest BCUT2D eigenvalue weighted by molar-refractivity contribution is 5.73. The van der Waals surface area contributed by atoms with E-state index >= 15 is 0 Å². The van der Waals surface area contributed by atoms with Crippen LogP contribution < -0.4 is 4.74 Å². The number of unbranched alkanes of at least 4 members (excludes halogenated alkanes) is 1. The summed E-state index contributed by atoms with van der Waals surface area (Å²) in [5, 5.41) is 8.35. The third-order valence-electron chi connectivity index (χ3n) is 2.00. The number of fused-ring (bicyclic) bond motifs is 1. The number of aromatic nitrogens is 1. The zero-order valence-corrected chi connectivity index (χ0v) is 8.14. The summed E-state index contributed by atoms with van der Waals surface area (Å²) in [6.07, 6.45) is 2.67. The molecule has 0 amide bonds. The second-order valence-electron chi connectivity index (χ2n) is 3.09. The molecule has 0 radical (unpaired) electrons. The van der Waals surface area contributed by atoms with Crippen LogP contribution in [0.2, 0.25) is 0 Å². The Balaban J connectivity index is 1.99. The van der Waals surface area contributed by atoms with Crippen LogP contribution in [-0.4, -0.2) is 11.6 Å². The van der Waals surface area contributed by atoms with Gasteiger partial charge in [-0.1, -0.05) is 0 Å². The fourth-order valence-corrected chi connectivity index (χ4v) is 1.27. The van der Waals surface area contributed by atoms with E-state index in [1.54, 1.807) is 0 Å². The molecule has 0 aliphatic heterocycles. The molecule has 0 fully saturated rings. The normalized spacial score (nSPS) is 10.1. The van der Waals surface area contributed by atoms with Crippen molar-refractivity contribution in [1.82, 2.24) is 4.98 Å². The summed E-state index contributed by atoms with van der Waals surface area (Å²) in [6.45, 7) is 0.552. The second-order valence-corrected chi connectivity index (χ2v) is 3.09. The van der Waals surface area contributed by atoms with E-state index in [0.717, 1.165) is 23.3 Å². The summed E-state index contributed by atoms with van der Waals surface area (Å²) in [7, 11) is 0. The van der Waals surface area contributed by atoms with Gasteiger partial charge < -0.3 is 9.15 Å². The maximum atomic E-state index is 8.35. The average molecular weight is 202 g/mol. The van der Waals surface area contributed by atoms with Crippen molar-refractivity contribution in [2.24, 2.45) is 0 Å². The summed E-state index contributed by atoms with van der Waals surface area (Å²) in [5.74, 6) is 0.759. The van der Waals surface area contributed by atoms with E-state index in [9.17, 15) is 0 Å². The van der Waals surface area contributed by atoms with Crippen LogP contribution in [0.25, 0.3) is 11.1 Å². The first-order chi connectivity index (χ1) is 7.40. The quantitative estimate of drug-likeness (QED) is 0.714. The summed E-state index contributed by atoms with van der Waals surface area (Å²) < 4.78 is 10.6. The minimum absolute atomic E-state index is 0.520. The van der Waals surface area contributed by atoms with Gasteiger partial charge in [0.1, 0.15) is 11.3 Å². The molecular weight excluding hydrogens is 192 g/mol. The first kappa shape index (κ1) is 9.53. The van der Waals surface area contributed by atoms with Gasteiger partial charge in [0.15, 0.2) is 12.0 Å². The number of nitrogens with zero attached hydrogens (tertiary/aromatic N) is 2. The molecule has 0 atom stereocenters. The SMILES string of the molecule is N#CCCCOc1ccc2ocnc2c1. The Bertz CT molecular complexity index is 485. The minimum atomic E-state index is 0.520. The lowest BCUT2D eigenvalue weighted by Gasteiger charge is -2.03. The lowest BCUT2D eigenvalue weighted by atomic mass is 10.3. The van der Waals surface area contributed by atoms with Gasteiger partial charge in [0, 0.05) is 12.5 Å². The Morgan fingerprint density at radius 1 is 1.47 bits per heavy atom. The molecule has 76 valence electrons. The molecule has 1 heterocycles. The molecule has 1 aromatic heterocycles. The molecule has 15 heavy (non-hydrogen) atoms. The van der Waals surface area contributed by atoms with Crippen LogP contribution in [0, 0.1) is 11.3 Å². The summed E-state index contributed by atoms with van der Waals surface area (Å²) in [4.78, 5) is 4.02. The van der Waals surface area contributed by atoms with Crippen LogP contribution >= 0.6 is 0 Å². The molecule has 0 unspecified atom stereocenters. The van der Waals surface area contributed by atoms with Crippen molar-refractivity contribution in [3.63, 3.8) is 0 Å². The molecule has 2 aromatic rings. The van der Waals surface area contributed by atoms with E-state index in [1.807, 2.05) is 18.2 Å². The van der Waals surface area contributed by atoms with Crippen LogP contribution in [-0.2, 0) is 0 Å². The molecule has 0 aliphatic rings. The highest BCUT2D eigenvalue weighted by atomic mass is 16.5. The van der Waals surface area contributed by atoms with Crippen molar-refractivity contribution >= 4 is 11.1 Å². The fraction of sp³-hybridized carbons (Fsp3) is 0.273. The van der Waals surface area contributed by atoms with Crippen LogP contribution in [0.4, 0.5) is 0 Å². The van der Waals surface area contributed by atoms with Gasteiger partial charge in [-0.3, -0.25) is 0 Å². The summed E-state index contributed by atoms with van der Waals surface area (Å²) in [5.41, 5.74) is 1.53. The van der Waals surface area contributed by atoms with E-state index in [0.29, 0.717) is 13.0 Å². The first-order valence-electron chi connectivity index (χ1n) is 4.73. The second kappa shape index (κ2) is 4.47. The molecule has 0 saturated heterocycles. The third kappa shape index (κ3) is 2.26. The minimum Gasteiger partial charge on any atom is -0.493 e. The van der Waals surface area contributed by atoms with Gasteiger partial charge in [-0.05, 0) is 18.6 Å². The molecule has 2 rings (SSSR count). The number of nitriles is 1. The van der Waals surface area contributed by atoms with Crippen molar-refractivity contribution in [2.45, 2.75) is 12.8 Å². The molecule has 0 bridgehead atoms. The summed E-state index contributed by atoms with van der Waals surface area (Å²) in [6, 6.07) is 7.55. The Morgan fingerprint density at radius 3 is 3.27 bits per heavy atom. The van der Waals surface area contributed by atoms with Crippen molar-refractivity contribution in [3.05, 3.63) is 24.6 Å². The van der Waals surface area contributed by atoms with Crippen molar-refractivity contribution in [1.29, 1.82) is 5.26 Å². The molecule has 4 nitrogen and oxygen atoms in total. The number of hydrogen-bond donors (Lipinski definition) is 0. The third-order valence-corrected chi connectivity index (χ3v) is 2.00. The number of hydrogen-bond acceptors (Lipinski definition) is 4. The number of rotatable bonds is 4. The topological polar surface area (TPSA) is 59.0 Å². The monoisotopic (exact) mass is 202 g/mol. The summed E-state index contributed by atoms with van der Waals surface area (Å²) >= 11 is 0. The predicted molar refractivity (Wildman–Crippen MR) is 54.4 cm³/mol. The average Bonchev–Trinajstić information content (AvgIpc) is 2.71. The van der Waals surface area contributed by atoms with Crippen molar-refractivity contribution < 1.29 is 9.15 Å². The lowest BCUT2D eigenvalue weighted by Crippen LogP contribution is -1.96. The van der Waals surface area contributed by atoms with Crippen LogP contribution in [0.5, 0.6) is 5.75 Å². The Labute approximate surface area is 87.1 Å². The maximum Gasteiger partial charge on any atom is 0.181 e. The first-order valence-corrected chi connectivity index (χ1v) is 4.73. The number of oxazole rings is 1. The van der Waals surface area contributed by atoms with Crippen molar-refractivity contribution in [3.8, 4) is 11.8 Å². The fourth-order valence-electron chi connectivity index (χ4n) is 1.27. The maximum absolute atomic E-state index is 8.35. The van der Waals surface area contributed by atoms with Gasteiger partial charge in [0.2, 0.25) is 0 Å². The lowest BCUT2D eigenvalue weighted by molar-refractivity contribution is 0.313. The van der Waals surface area contributed by atoms with E-state index in [2.05, 4.69) is 11.1 Å². The predicted octanol–water partition coefficient (Wildman–Crippen LogP) is 2.51. The Kier molecular flexibility index (Phi) is 2.84. The standard InChI is InChI=1S/C11H10N2O2/c12-5-1-2-6-14-9-3-4-11-10(7-9)13-8-15-11/h3-4,7-8H,1-2,6H2. The molecule has 1 aromatic carbocycles. The van der Waals surface area contributed by atoms with Crippen LogP contribution in [0.3, 0.4) is 0 Å². The van der Waals surface area contributed by atoms with Crippen LogP contribution in [0.15, 0.2) is 29.0 Å². The van der Waals surface area contributed by atoms with E-state index < -0.39 is 0 Å². The van der Waals surface area contributed by atoms with Gasteiger partial charge in [-0.25, -0.2) is 4.98 Å². The highest BCUT2D eigenvalue weighted by Gasteiger charge is 2.00. The smallest absolute Gasteiger partial charge is 0.181 e. The molecular formula is C11H10N2O2. The molecule has 0 aliphatic carbocycles. The van der Waals surface area contributed by atoms with Gasteiger partial charge in [0.25, 0.3) is 0 Å². The zero-order valence-electron chi connectivity index (χ0n) is 8.14. The largest absolute Gasteiger partial charge is 0.493 e. The number of benzene rings is 1. The highest BCUT2D eigenvalue weighted by Crippen LogP contribution is 2.19. The van der Waals surface area contributed by atoms with Gasteiger partial charge in [-0.15, -0.1) is 0 Å². The van der Waals surface area contributed by atoms with E-state index in [1.165, 1.54) is 6.39 Å². The molecule has 0 N–H and O–H groups in total. The molecule has 4 heteroatoms. The zero-order chi connectivity index (χ0) is 10.5. The molecule has 0 saturated carbocycles. The van der Waals surface area contributed by atoms with Crippen molar-refractivity contribution in [2.75, 3.05) is 6.61 Å². The van der Waals surface area contributed by atoms with Gasteiger partial charge >= 0.3 is 0 Å². The van der Waals surface area contributed by atoms with Crippen LogP contribution in [0.1, 0.15) is 12.8 Å². The molecule has 0 spiro atoms. The Morgan fingerprint density at radius 2 is 2.40 bits per heavy atom. The number of ether oxygens (including phenoxy) is 1. The Hall–Kier alpha value is -2.02. The van der Waals surface area contributed by atoms with E-state index in [4.69, 9.17) is 14.4 Å². The van der Waals surface area contributed by atoms with Gasteiger partial charge in [0.05, 0.1) is 12.7 Å². The van der Waals surface area contributed by atoms with E-state index in [-0.39, 0.29) is 0 Å². The van der Waals surface area contributed by atoms with Gasteiger partial charge in [-0.2, -0.15) is 5.26 Å².